The van der Waals surface area contributed by atoms with E-state index in [1.807, 2.05) is 54.7 Å². The summed E-state index contributed by atoms with van der Waals surface area (Å²) >= 11 is 5.94. The van der Waals surface area contributed by atoms with E-state index in [2.05, 4.69) is 15.8 Å². The summed E-state index contributed by atoms with van der Waals surface area (Å²) in [6.45, 7) is 0.704. The van der Waals surface area contributed by atoms with Crippen molar-refractivity contribution in [1.82, 2.24) is 9.88 Å². The van der Waals surface area contributed by atoms with Crippen molar-refractivity contribution in [2.75, 3.05) is 0 Å². The first-order valence-corrected chi connectivity index (χ1v) is 9.58. The zero-order valence-electron chi connectivity index (χ0n) is 13.2. The van der Waals surface area contributed by atoms with Gasteiger partial charge in [0.05, 0.1) is 0 Å². The summed E-state index contributed by atoms with van der Waals surface area (Å²) in [7, 11) is -0.897. The van der Waals surface area contributed by atoms with E-state index in [1.165, 1.54) is 0 Å². The fourth-order valence-corrected chi connectivity index (χ4v) is 4.56. The Morgan fingerprint density at radius 3 is 2.56 bits per heavy atom. The van der Waals surface area contributed by atoms with Gasteiger partial charge in [0.25, 0.3) is 5.24 Å². The first kappa shape index (κ1) is 16.1. The molecule has 4 nitrogen and oxygen atoms in total. The second kappa shape index (κ2) is 6.17. The molecule has 1 fully saturated rings. The fourth-order valence-electron chi connectivity index (χ4n) is 3.16. The van der Waals surface area contributed by atoms with Gasteiger partial charge < -0.3 is 4.57 Å². The SMILES string of the molecule is C=S1C(=O)NC(=O)C1c1cccc2c1ccn2Cc1ccc(Cl)cc1. The first-order chi connectivity index (χ1) is 12.0. The third-order valence-electron chi connectivity index (χ3n) is 4.38. The predicted molar refractivity (Wildman–Crippen MR) is 103 cm³/mol. The Morgan fingerprint density at radius 1 is 1.12 bits per heavy atom. The second-order valence-corrected chi connectivity index (χ2v) is 8.07. The summed E-state index contributed by atoms with van der Waals surface area (Å²) in [6.07, 6.45) is 2.00. The van der Waals surface area contributed by atoms with Crippen LogP contribution in [-0.4, -0.2) is 21.6 Å². The highest BCUT2D eigenvalue weighted by molar-refractivity contribution is 8.28. The number of fused-ring (bicyclic) bond motifs is 1. The largest absolute Gasteiger partial charge is 0.343 e. The number of aromatic nitrogens is 1. The van der Waals surface area contributed by atoms with E-state index in [4.69, 9.17) is 11.6 Å². The summed E-state index contributed by atoms with van der Waals surface area (Å²) < 4.78 is 2.12. The number of rotatable bonds is 3. The molecule has 25 heavy (non-hydrogen) atoms. The molecule has 0 saturated carbocycles. The van der Waals surface area contributed by atoms with Crippen molar-refractivity contribution >= 4 is 50.0 Å². The average Bonchev–Trinajstić information content (AvgIpc) is 3.11. The lowest BCUT2D eigenvalue weighted by Gasteiger charge is -2.11. The van der Waals surface area contributed by atoms with Crippen molar-refractivity contribution in [3.05, 3.63) is 70.9 Å². The summed E-state index contributed by atoms with van der Waals surface area (Å²) in [5.41, 5.74) is 3.02. The zero-order valence-corrected chi connectivity index (χ0v) is 14.8. The van der Waals surface area contributed by atoms with Crippen LogP contribution in [0.5, 0.6) is 0 Å². The quantitative estimate of drug-likeness (QED) is 0.697. The van der Waals surface area contributed by atoms with E-state index in [-0.39, 0.29) is 11.1 Å². The average molecular weight is 371 g/mol. The molecule has 1 aliphatic rings. The molecule has 1 N–H and O–H groups in total. The topological polar surface area (TPSA) is 51.1 Å². The molecule has 1 aromatic heterocycles. The number of hydrogen-bond donors (Lipinski definition) is 1. The van der Waals surface area contributed by atoms with Crippen LogP contribution in [0.25, 0.3) is 10.9 Å². The number of halogens is 1. The molecular weight excluding hydrogens is 356 g/mol. The Kier molecular flexibility index (Phi) is 3.98. The smallest absolute Gasteiger partial charge is 0.280 e. The van der Waals surface area contributed by atoms with Gasteiger partial charge in [0.15, 0.2) is 0 Å². The van der Waals surface area contributed by atoms with Crippen LogP contribution in [0.4, 0.5) is 4.79 Å². The number of nitrogens with zero attached hydrogens (tertiary/aromatic N) is 1. The molecule has 1 aliphatic heterocycles. The van der Waals surface area contributed by atoms with Crippen molar-refractivity contribution in [2.24, 2.45) is 0 Å². The standard InChI is InChI=1S/C19H15ClN2O2S/c1-25-17(18(23)21-19(25)24)15-3-2-4-16-14(15)9-10-22(16)11-12-5-7-13(20)8-6-12/h2-10,17H,1,11H2,(H,21,23,24). The molecule has 0 radical (unpaired) electrons. The summed E-state index contributed by atoms with van der Waals surface area (Å²) in [6, 6.07) is 15.6. The third kappa shape index (κ3) is 2.79. The molecule has 2 aromatic carbocycles. The minimum atomic E-state index is -0.897. The van der Waals surface area contributed by atoms with Crippen molar-refractivity contribution in [3.63, 3.8) is 0 Å². The van der Waals surface area contributed by atoms with E-state index >= 15 is 0 Å². The van der Waals surface area contributed by atoms with Crippen molar-refractivity contribution in [3.8, 4) is 0 Å². The molecule has 1 saturated heterocycles. The highest BCUT2D eigenvalue weighted by Gasteiger charge is 2.36. The fraction of sp³-hybridized carbons (Fsp3) is 0.105. The van der Waals surface area contributed by atoms with Crippen LogP contribution in [-0.2, 0) is 11.3 Å². The van der Waals surface area contributed by atoms with Crippen LogP contribution >= 0.6 is 22.1 Å². The Hall–Kier alpha value is -2.37. The van der Waals surface area contributed by atoms with Gasteiger partial charge in [-0.25, -0.2) is 0 Å². The molecular formula is C19H15ClN2O2S. The predicted octanol–water partition coefficient (Wildman–Crippen LogP) is 4.33. The van der Waals surface area contributed by atoms with Crippen LogP contribution in [0.3, 0.4) is 0 Å². The van der Waals surface area contributed by atoms with Crippen LogP contribution in [0.1, 0.15) is 16.4 Å². The summed E-state index contributed by atoms with van der Waals surface area (Å²) in [5, 5.41) is 3.28. The Morgan fingerprint density at radius 2 is 1.88 bits per heavy atom. The lowest BCUT2D eigenvalue weighted by Crippen LogP contribution is -2.20. The number of hydrogen-bond acceptors (Lipinski definition) is 2. The molecule has 2 atom stereocenters. The van der Waals surface area contributed by atoms with Crippen LogP contribution in [0.15, 0.2) is 54.7 Å². The Bertz CT molecular complexity index is 1020. The van der Waals surface area contributed by atoms with Crippen LogP contribution in [0.2, 0.25) is 5.02 Å². The maximum atomic E-state index is 12.2. The molecule has 2 heterocycles. The van der Waals surface area contributed by atoms with Gasteiger partial charge in [0, 0.05) is 28.7 Å². The summed E-state index contributed by atoms with van der Waals surface area (Å²) in [5.74, 6) is 3.63. The Balaban J connectivity index is 1.76. The summed E-state index contributed by atoms with van der Waals surface area (Å²) in [4.78, 5) is 24.0. The van der Waals surface area contributed by atoms with Gasteiger partial charge in [-0.15, -0.1) is 0 Å². The lowest BCUT2D eigenvalue weighted by molar-refractivity contribution is -0.119. The maximum Gasteiger partial charge on any atom is 0.280 e. The van der Waals surface area contributed by atoms with Crippen LogP contribution < -0.4 is 5.32 Å². The second-order valence-electron chi connectivity index (χ2n) is 5.94. The molecule has 0 bridgehead atoms. The number of nitrogens with one attached hydrogen (secondary N) is 1. The van der Waals surface area contributed by atoms with Gasteiger partial charge in [-0.05, 0) is 35.4 Å². The number of benzene rings is 2. The molecule has 4 rings (SSSR count). The lowest BCUT2D eigenvalue weighted by atomic mass is 10.1. The van der Waals surface area contributed by atoms with E-state index in [1.54, 1.807) is 0 Å². The molecule has 126 valence electrons. The number of carbonyl (C=O) groups excluding carboxylic acids is 2. The molecule has 2 amide bonds. The molecule has 6 heteroatoms. The maximum absolute atomic E-state index is 12.2. The van der Waals surface area contributed by atoms with E-state index in [0.717, 1.165) is 22.0 Å². The Labute approximate surface area is 152 Å². The molecule has 0 aliphatic carbocycles. The molecule has 0 spiro atoms. The minimum Gasteiger partial charge on any atom is -0.343 e. The molecule has 2 unspecified atom stereocenters. The van der Waals surface area contributed by atoms with Gasteiger partial charge in [0.2, 0.25) is 5.91 Å². The minimum absolute atomic E-state index is 0.263. The van der Waals surface area contributed by atoms with Crippen LogP contribution in [0, 0.1) is 0 Å². The van der Waals surface area contributed by atoms with Gasteiger partial charge in [0.1, 0.15) is 5.25 Å². The number of amides is 2. The van der Waals surface area contributed by atoms with Gasteiger partial charge in [-0.3, -0.25) is 14.9 Å². The van der Waals surface area contributed by atoms with E-state index in [0.29, 0.717) is 11.6 Å². The van der Waals surface area contributed by atoms with Crippen molar-refractivity contribution in [2.45, 2.75) is 11.8 Å². The normalized spacial score (nSPS) is 20.2. The first-order valence-electron chi connectivity index (χ1n) is 7.74. The van der Waals surface area contributed by atoms with E-state index in [9.17, 15) is 9.59 Å². The van der Waals surface area contributed by atoms with Gasteiger partial charge >= 0.3 is 0 Å². The third-order valence-corrected chi connectivity index (χ3v) is 6.25. The van der Waals surface area contributed by atoms with Gasteiger partial charge in [-0.1, -0.05) is 52.2 Å². The zero-order chi connectivity index (χ0) is 17.6. The number of imide groups is 1. The number of carbonyl (C=O) groups is 2. The molecule has 3 aromatic rings. The highest BCUT2D eigenvalue weighted by Crippen LogP contribution is 2.42. The van der Waals surface area contributed by atoms with E-state index < -0.39 is 15.7 Å². The highest BCUT2D eigenvalue weighted by atomic mass is 35.5. The van der Waals surface area contributed by atoms with Gasteiger partial charge in [-0.2, -0.15) is 0 Å². The van der Waals surface area contributed by atoms with Crippen molar-refractivity contribution < 1.29 is 9.59 Å². The van der Waals surface area contributed by atoms with Crippen molar-refractivity contribution in [1.29, 1.82) is 0 Å². The monoisotopic (exact) mass is 370 g/mol.